The number of carbonyl (C=O) groups is 4. The maximum absolute atomic E-state index is 12.3. The number of aromatic nitrogens is 9. The molecule has 11 N–H and O–H groups in total. The van der Waals surface area contributed by atoms with E-state index in [4.69, 9.17) is 87.7 Å². The molecule has 0 aliphatic heterocycles. The van der Waals surface area contributed by atoms with Gasteiger partial charge in [0.15, 0.2) is 0 Å². The number of aliphatic hydroxyl groups excluding tert-OH is 1. The highest BCUT2D eigenvalue weighted by Gasteiger charge is 2.31. The van der Waals surface area contributed by atoms with Gasteiger partial charge in [0.25, 0.3) is 0 Å². The molecule has 672 valence electrons. The van der Waals surface area contributed by atoms with Crippen molar-refractivity contribution in [3.05, 3.63) is 301 Å². The summed E-state index contributed by atoms with van der Waals surface area (Å²) in [5, 5.41) is 20.1. The van der Waals surface area contributed by atoms with Crippen LogP contribution in [-0.2, 0) is 63.9 Å². The van der Waals surface area contributed by atoms with Crippen LogP contribution in [0.25, 0.3) is 55.3 Å². The Labute approximate surface area is 759 Å². The van der Waals surface area contributed by atoms with E-state index in [2.05, 4.69) is 98.2 Å². The van der Waals surface area contributed by atoms with Crippen LogP contribution in [0.1, 0.15) is 159 Å². The van der Waals surface area contributed by atoms with Crippen LogP contribution in [0.4, 0.5) is 17.5 Å². The number of hydrogen-bond donors (Lipinski definition) is 8. The lowest BCUT2D eigenvalue weighted by Crippen LogP contribution is -2.24. The highest BCUT2D eigenvalue weighted by molar-refractivity contribution is 6.32. The molecule has 0 bridgehead atoms. The first-order chi connectivity index (χ1) is 62.9. The number of hydrogen-bond acceptors (Lipinski definition) is 26. The molecule has 5 heterocycles. The summed E-state index contributed by atoms with van der Waals surface area (Å²) < 4.78 is 19.6. The molecule has 0 unspecified atom stereocenters. The van der Waals surface area contributed by atoms with Crippen molar-refractivity contribution in [3.8, 4) is 33.4 Å². The number of methoxy groups -OCH3 is 4. The molecule has 8 aromatic carbocycles. The van der Waals surface area contributed by atoms with E-state index in [9.17, 15) is 19.2 Å². The fraction of sp³-hybridized carbons (Fsp3) is 0.327. The summed E-state index contributed by atoms with van der Waals surface area (Å²) in [5.74, 6) is 4.04. The predicted molar refractivity (Wildman–Crippen MR) is 511 cm³/mol. The minimum absolute atomic E-state index is 0.327. The lowest BCUT2D eigenvalue weighted by atomic mass is 10.0. The molecular formula is C101H117ClN18O9. The van der Waals surface area contributed by atoms with Crippen molar-refractivity contribution in [1.82, 2.24) is 59.6 Å². The third-order valence-electron chi connectivity index (χ3n) is 22.5. The summed E-state index contributed by atoms with van der Waals surface area (Å²) >= 11 is 6.46. The lowest BCUT2D eigenvalue weighted by Gasteiger charge is -2.18. The van der Waals surface area contributed by atoms with E-state index < -0.39 is 0 Å². The Bertz CT molecular complexity index is 5930. The van der Waals surface area contributed by atoms with Gasteiger partial charge in [0.1, 0.15) is 51.6 Å². The summed E-state index contributed by atoms with van der Waals surface area (Å²) in [7, 11) is 12.9. The second-order valence-corrected chi connectivity index (χ2v) is 32.3. The first-order valence-electron chi connectivity index (χ1n) is 43.8. The maximum Gasteiger partial charge on any atom is 0.337 e. The molecule has 0 radical (unpaired) electrons. The average molecular weight is 1760 g/mol. The lowest BCUT2D eigenvalue weighted by molar-refractivity contribution is 0.0592. The van der Waals surface area contributed by atoms with Gasteiger partial charge in [-0.25, -0.2) is 59.0 Å². The minimum atomic E-state index is -0.386. The number of anilines is 3. The van der Waals surface area contributed by atoms with Gasteiger partial charge in [-0.05, 0) is 223 Å². The van der Waals surface area contributed by atoms with E-state index in [1.165, 1.54) is 34.0 Å². The summed E-state index contributed by atoms with van der Waals surface area (Å²) in [6.07, 6.45) is 10.5. The average Bonchev–Trinajstić information content (AvgIpc) is 1.63. The number of fused-ring (bicyclic) bond motifs is 12. The summed E-state index contributed by atoms with van der Waals surface area (Å²) in [6.45, 7) is 10.6. The van der Waals surface area contributed by atoms with Crippen LogP contribution in [0, 0.1) is 0 Å². The van der Waals surface area contributed by atoms with Crippen LogP contribution in [0.15, 0.2) is 194 Å². The largest absolute Gasteiger partial charge is 0.465 e. The van der Waals surface area contributed by atoms with E-state index >= 15 is 0 Å². The highest BCUT2D eigenvalue weighted by Crippen LogP contribution is 2.44. The Morgan fingerprint density at radius 2 is 0.682 bits per heavy atom. The number of ether oxygens (including phenoxy) is 4. The van der Waals surface area contributed by atoms with E-state index in [0.29, 0.717) is 84.0 Å². The maximum atomic E-state index is 12.3. The molecule has 13 aromatic rings. The van der Waals surface area contributed by atoms with Crippen molar-refractivity contribution < 1.29 is 43.2 Å². The van der Waals surface area contributed by atoms with Gasteiger partial charge >= 0.3 is 23.9 Å². The normalized spacial score (nSPS) is 11.6. The number of nitrogens with two attached hydrogens (primary N) is 3. The molecule has 28 heteroatoms. The van der Waals surface area contributed by atoms with Crippen LogP contribution >= 0.6 is 11.6 Å². The first kappa shape index (κ1) is 95.3. The Hall–Kier alpha value is -12.8. The number of H-pyrrole nitrogens is 1. The SMILES string of the molecule is CN(CCCN)CCCN.CO.COC(=O)c1ccc2c(c1)Cc1nc(Cc3ccccc3)nc(Cl)c1-2.COC(=O)c1ccc2c(c1)Cc1nc(Cc3ccccc3)nc(NCCCN(C)CCCN)c1-2.COC(=O)c1ccc2c(c1)Cc1nc(Cc3ccccc3)nc(NCCCN(C)CCCNc3nc(Cc4ccccc4)nc4[nH]c5cc(C(=O)OC)ccc5c34)c1-2. The highest BCUT2D eigenvalue weighted by atomic mass is 35.5. The van der Waals surface area contributed by atoms with Gasteiger partial charge in [-0.2, -0.15) is 0 Å². The fourth-order valence-corrected chi connectivity index (χ4v) is 16.4. The van der Waals surface area contributed by atoms with Gasteiger partial charge in [0, 0.05) is 99.3 Å². The number of benzene rings is 8. The van der Waals surface area contributed by atoms with Crippen molar-refractivity contribution in [2.45, 2.75) is 83.5 Å². The van der Waals surface area contributed by atoms with Gasteiger partial charge in [-0.1, -0.05) is 157 Å². The Kier molecular flexibility index (Phi) is 35.3. The second kappa shape index (κ2) is 47.8. The van der Waals surface area contributed by atoms with Gasteiger partial charge in [0.05, 0.1) is 73.2 Å². The van der Waals surface area contributed by atoms with E-state index in [0.717, 1.165) is 259 Å². The molecule has 0 atom stereocenters. The number of esters is 4. The molecule has 0 saturated carbocycles. The van der Waals surface area contributed by atoms with Gasteiger partial charge < -0.3 is 76.9 Å². The number of rotatable bonds is 36. The number of aliphatic hydroxyl groups is 1. The van der Waals surface area contributed by atoms with E-state index in [-0.39, 0.29) is 23.9 Å². The van der Waals surface area contributed by atoms with E-state index in [1.807, 2.05) is 140 Å². The second-order valence-electron chi connectivity index (χ2n) is 31.9. The number of aromatic amines is 1. The minimum Gasteiger partial charge on any atom is -0.465 e. The molecule has 5 aromatic heterocycles. The molecule has 0 saturated heterocycles. The quantitative estimate of drug-likeness (QED) is 0.00782. The third-order valence-corrected chi connectivity index (χ3v) is 22.8. The Morgan fingerprint density at radius 1 is 0.380 bits per heavy atom. The molecule has 0 fully saturated rings. The molecule has 3 aliphatic rings. The van der Waals surface area contributed by atoms with E-state index in [1.54, 1.807) is 18.2 Å². The van der Waals surface area contributed by atoms with Crippen molar-refractivity contribution in [3.63, 3.8) is 0 Å². The number of carbonyl (C=O) groups excluding carboxylic acids is 4. The number of nitrogens with one attached hydrogen (secondary N) is 4. The van der Waals surface area contributed by atoms with Crippen LogP contribution < -0.4 is 33.2 Å². The zero-order valence-corrected chi connectivity index (χ0v) is 75.7. The number of halogens is 1. The third kappa shape index (κ3) is 25.6. The summed E-state index contributed by atoms with van der Waals surface area (Å²) in [4.78, 5) is 97.6. The zero-order chi connectivity index (χ0) is 91.1. The predicted octanol–water partition coefficient (Wildman–Crippen LogP) is 14.3. The van der Waals surface area contributed by atoms with Crippen molar-refractivity contribution >= 4 is 74.9 Å². The monoisotopic (exact) mass is 1760 g/mol. The molecule has 0 spiro atoms. The molecular weight excluding hydrogens is 1640 g/mol. The Morgan fingerprint density at radius 3 is 1.04 bits per heavy atom. The van der Waals surface area contributed by atoms with Crippen molar-refractivity contribution in [2.24, 2.45) is 17.2 Å². The topological polar surface area (TPSA) is 368 Å². The Balaban J connectivity index is 0.000000179. The smallest absolute Gasteiger partial charge is 0.337 e. The van der Waals surface area contributed by atoms with Crippen molar-refractivity contribution in [1.29, 1.82) is 0 Å². The standard InChI is InChI=1S/C46H46N8O4.C27H33N5O2.C20H15ClN2O2.C7H19N3.CH4O/c1-54(22-10-20-47-42-40-34-18-16-31(45(55)57-2)26-33(34)28-37(40)49-38(51-42)24-29-12-6-4-7-13-29)23-11-21-48-43-41-35-19-17-32(46(56)58-3)27-36(35)50-44(41)53-39(52-43)25-30-14-8-5-9-15-30;1-32(14-6-12-28)15-7-13-29-26-25-22-11-10-20(27(33)34-2)17-21(22)18-23(25)30-24(31-26)16-19-8-4-3-5-9-19;1-25-20(24)13-7-8-15-14(10-13)11-16-18(15)19(21)23-17(22-16)9-12-5-3-2-4-6-12;1-10(6-2-4-8)7-3-5-9;1-2/h4-9,12-19,26-27H,10-11,20-25,28H2,1-3H3,(H,47,49,51)(H2,48,50,52,53);3-5,8-11,17H,6-7,12-16,18,28H2,1-2H3,(H,29,30,31);2-8,10H,9,11H2,1H3;2-9H2,1H3;2H,1H3. The molecule has 3 aliphatic carbocycles. The molecule has 129 heavy (non-hydrogen) atoms. The first-order valence-corrected chi connectivity index (χ1v) is 44.2. The summed E-state index contributed by atoms with van der Waals surface area (Å²) in [6, 6.07) is 63.2. The summed E-state index contributed by atoms with van der Waals surface area (Å²) in [5.41, 5.74) is 36.6. The van der Waals surface area contributed by atoms with Crippen molar-refractivity contribution in [2.75, 3.05) is 151 Å². The molecule has 27 nitrogen and oxygen atoms in total. The van der Waals surface area contributed by atoms with Crippen LogP contribution in [0.3, 0.4) is 0 Å². The van der Waals surface area contributed by atoms with Crippen LogP contribution in [-0.4, -0.2) is 224 Å². The van der Waals surface area contributed by atoms with Gasteiger partial charge in [0.2, 0.25) is 0 Å². The number of nitrogens with zero attached hydrogens (tertiary/aromatic N) is 11. The van der Waals surface area contributed by atoms with Crippen LogP contribution in [0.2, 0.25) is 5.15 Å². The zero-order valence-electron chi connectivity index (χ0n) is 74.9. The molecule has 0 amide bonds. The van der Waals surface area contributed by atoms with Crippen LogP contribution in [0.5, 0.6) is 0 Å². The van der Waals surface area contributed by atoms with Gasteiger partial charge in [-0.15, -0.1) is 0 Å². The fourth-order valence-electron chi connectivity index (χ4n) is 16.1. The van der Waals surface area contributed by atoms with Gasteiger partial charge in [-0.3, -0.25) is 0 Å². The molecule has 16 rings (SSSR count).